The molecule has 0 aliphatic carbocycles. The maximum Gasteiger partial charge on any atom is 0.319 e. The number of nitrogen functional groups attached to an aromatic ring is 1. The lowest BCUT2D eigenvalue weighted by molar-refractivity contribution is 0.252. The Bertz CT molecular complexity index is 1070. The summed E-state index contributed by atoms with van der Waals surface area (Å²) in [5, 5.41) is 11.0. The second-order valence-electron chi connectivity index (χ2n) is 7.08. The largest absolute Gasteiger partial charge is 0.382 e. The number of nitrogens with zero attached hydrogens (tertiary/aromatic N) is 2. The smallest absolute Gasteiger partial charge is 0.319 e. The van der Waals surface area contributed by atoms with Crippen LogP contribution in [0.4, 0.5) is 27.7 Å². The van der Waals surface area contributed by atoms with Crippen molar-refractivity contribution in [2.45, 2.75) is 12.8 Å². The van der Waals surface area contributed by atoms with Crippen molar-refractivity contribution >= 4 is 63.0 Å². The van der Waals surface area contributed by atoms with Crippen LogP contribution in [0.25, 0.3) is 10.9 Å². The second kappa shape index (κ2) is 8.85. The molecule has 1 aliphatic rings. The van der Waals surface area contributed by atoms with E-state index in [4.69, 9.17) is 28.9 Å². The van der Waals surface area contributed by atoms with E-state index in [1.54, 1.807) is 18.2 Å². The Morgan fingerprint density at radius 1 is 1.17 bits per heavy atom. The molecule has 9 heteroatoms. The van der Waals surface area contributed by atoms with Crippen LogP contribution >= 0.6 is 23.2 Å². The van der Waals surface area contributed by atoms with Gasteiger partial charge in [0.1, 0.15) is 11.5 Å². The fourth-order valence-corrected chi connectivity index (χ4v) is 4.12. The number of halogens is 2. The van der Waals surface area contributed by atoms with Crippen molar-refractivity contribution in [2.75, 3.05) is 41.0 Å². The third-order valence-electron chi connectivity index (χ3n) is 4.92. The number of carbonyl (C=O) groups excluding carboxylic acids is 1. The zero-order valence-corrected chi connectivity index (χ0v) is 17.7. The number of fused-ring (bicyclic) bond motifs is 3. The summed E-state index contributed by atoms with van der Waals surface area (Å²) >= 11 is 11.9. The van der Waals surface area contributed by atoms with E-state index < -0.39 is 0 Å². The van der Waals surface area contributed by atoms with Gasteiger partial charge in [-0.1, -0.05) is 41.4 Å². The summed E-state index contributed by atoms with van der Waals surface area (Å²) in [6, 6.07) is 12.6. The monoisotopic (exact) mass is 444 g/mol. The summed E-state index contributed by atoms with van der Waals surface area (Å²) in [7, 11) is 0. The van der Waals surface area contributed by atoms with Crippen LogP contribution in [0, 0.1) is 0 Å². The first kappa shape index (κ1) is 20.4. The van der Waals surface area contributed by atoms with E-state index in [9.17, 15) is 4.79 Å². The van der Waals surface area contributed by atoms with Gasteiger partial charge in [0.15, 0.2) is 0 Å². The number of nitrogens with one attached hydrogen (secondary N) is 3. The first-order valence-electron chi connectivity index (χ1n) is 9.69. The number of hydrogen-bond acceptors (Lipinski definition) is 5. The van der Waals surface area contributed by atoms with Gasteiger partial charge in [-0.2, -0.15) is 0 Å². The Hall–Kier alpha value is -2.90. The van der Waals surface area contributed by atoms with E-state index in [0.29, 0.717) is 34.8 Å². The fourth-order valence-electron chi connectivity index (χ4n) is 3.59. The molecular weight excluding hydrogens is 423 g/mol. The van der Waals surface area contributed by atoms with E-state index >= 15 is 0 Å². The highest BCUT2D eigenvalue weighted by Gasteiger charge is 2.24. The Morgan fingerprint density at radius 3 is 2.73 bits per heavy atom. The van der Waals surface area contributed by atoms with Crippen molar-refractivity contribution in [1.82, 2.24) is 10.3 Å². The number of carbonyl (C=O) groups is 1. The molecule has 0 fully saturated rings. The standard InChI is InChI=1S/C21H22Cl2N6O/c22-13-9-14(23)11-15(10-13)27-21(30)25-7-3-4-8-29-12-26-18-19(29)16-5-1-2-6-17(16)28-20(18)24/h1-2,5-6,9-11,26H,3-4,7-8,12H2,(H2,24,28)(H2,25,27,30). The third kappa shape index (κ3) is 4.47. The van der Waals surface area contributed by atoms with Gasteiger partial charge in [-0.15, -0.1) is 0 Å². The van der Waals surface area contributed by atoms with Crippen molar-refractivity contribution in [1.29, 1.82) is 0 Å². The van der Waals surface area contributed by atoms with Crippen LogP contribution in [0.2, 0.25) is 10.0 Å². The number of amides is 2. The van der Waals surface area contributed by atoms with Gasteiger partial charge in [-0.05, 0) is 37.1 Å². The van der Waals surface area contributed by atoms with Gasteiger partial charge in [0.25, 0.3) is 0 Å². The molecule has 2 heterocycles. The van der Waals surface area contributed by atoms with Gasteiger partial charge in [0, 0.05) is 34.2 Å². The third-order valence-corrected chi connectivity index (χ3v) is 5.35. The second-order valence-corrected chi connectivity index (χ2v) is 7.96. The zero-order valence-electron chi connectivity index (χ0n) is 16.2. The predicted octanol–water partition coefficient (Wildman–Crippen LogP) is 4.92. The van der Waals surface area contributed by atoms with Crippen LogP contribution in [0.15, 0.2) is 42.5 Å². The Kier molecular flexibility index (Phi) is 6.01. The molecule has 0 spiro atoms. The molecule has 30 heavy (non-hydrogen) atoms. The first-order valence-corrected chi connectivity index (χ1v) is 10.4. The highest BCUT2D eigenvalue weighted by atomic mass is 35.5. The zero-order chi connectivity index (χ0) is 21.1. The van der Waals surface area contributed by atoms with Gasteiger partial charge in [0.05, 0.1) is 17.9 Å². The normalized spacial score (nSPS) is 12.5. The molecule has 0 saturated carbocycles. The highest BCUT2D eigenvalue weighted by Crippen LogP contribution is 2.40. The average molecular weight is 445 g/mol. The maximum atomic E-state index is 12.1. The van der Waals surface area contributed by atoms with Crippen LogP contribution < -0.4 is 26.6 Å². The number of benzene rings is 2. The molecule has 0 unspecified atom stereocenters. The number of urea groups is 1. The summed E-state index contributed by atoms with van der Waals surface area (Å²) in [6.07, 6.45) is 1.76. The van der Waals surface area contributed by atoms with Crippen molar-refractivity contribution in [2.24, 2.45) is 0 Å². The minimum atomic E-state index is -0.286. The van der Waals surface area contributed by atoms with Gasteiger partial charge in [0.2, 0.25) is 0 Å². The number of nitrogens with two attached hydrogens (primary N) is 1. The molecule has 0 bridgehead atoms. The van der Waals surface area contributed by atoms with Gasteiger partial charge >= 0.3 is 6.03 Å². The highest BCUT2D eigenvalue weighted by molar-refractivity contribution is 6.35. The summed E-state index contributed by atoms with van der Waals surface area (Å²) < 4.78 is 0. The molecule has 5 N–H and O–H groups in total. The SMILES string of the molecule is Nc1nc2ccccc2c2c1NCN2CCCCNC(=O)Nc1cc(Cl)cc(Cl)c1. The minimum absolute atomic E-state index is 0.286. The minimum Gasteiger partial charge on any atom is -0.382 e. The molecule has 0 atom stereocenters. The molecule has 156 valence electrons. The van der Waals surface area contributed by atoms with Crippen LogP contribution in [0.5, 0.6) is 0 Å². The van der Waals surface area contributed by atoms with E-state index in [2.05, 4.69) is 31.9 Å². The van der Waals surface area contributed by atoms with Crippen molar-refractivity contribution in [3.63, 3.8) is 0 Å². The number of pyridine rings is 1. The van der Waals surface area contributed by atoms with Crippen molar-refractivity contribution < 1.29 is 4.79 Å². The average Bonchev–Trinajstić information content (AvgIpc) is 3.12. The quantitative estimate of drug-likeness (QED) is 0.404. The molecule has 2 aromatic carbocycles. The van der Waals surface area contributed by atoms with E-state index in [1.165, 1.54) is 0 Å². The van der Waals surface area contributed by atoms with Gasteiger partial charge in [-0.25, -0.2) is 9.78 Å². The molecule has 1 aliphatic heterocycles. The molecule has 2 amide bonds. The van der Waals surface area contributed by atoms with Gasteiger partial charge in [-0.3, -0.25) is 0 Å². The molecule has 0 saturated heterocycles. The molecule has 3 aromatic rings. The van der Waals surface area contributed by atoms with Crippen LogP contribution in [-0.2, 0) is 0 Å². The van der Waals surface area contributed by atoms with E-state index in [-0.39, 0.29) is 6.03 Å². The summed E-state index contributed by atoms with van der Waals surface area (Å²) in [5.74, 6) is 0.519. The van der Waals surface area contributed by atoms with Gasteiger partial charge < -0.3 is 26.6 Å². The topological polar surface area (TPSA) is 95.3 Å². The number of aromatic nitrogens is 1. The summed E-state index contributed by atoms with van der Waals surface area (Å²) in [4.78, 5) is 18.8. The number of anilines is 4. The Balaban J connectivity index is 1.28. The molecular formula is C21H22Cl2N6O. The molecule has 0 radical (unpaired) electrons. The lowest BCUT2D eigenvalue weighted by atomic mass is 10.1. The number of para-hydroxylation sites is 1. The fraction of sp³-hybridized carbons (Fsp3) is 0.238. The maximum absolute atomic E-state index is 12.1. The number of rotatable bonds is 6. The number of hydrogen-bond donors (Lipinski definition) is 4. The summed E-state index contributed by atoms with van der Waals surface area (Å²) in [5.41, 5.74) is 9.56. The van der Waals surface area contributed by atoms with Crippen LogP contribution in [0.3, 0.4) is 0 Å². The Labute approximate surface area is 184 Å². The van der Waals surface area contributed by atoms with Crippen LogP contribution in [0.1, 0.15) is 12.8 Å². The predicted molar refractivity (Wildman–Crippen MR) is 125 cm³/mol. The number of unbranched alkanes of at least 4 members (excludes halogenated alkanes) is 1. The van der Waals surface area contributed by atoms with Crippen molar-refractivity contribution in [3.8, 4) is 0 Å². The lowest BCUT2D eigenvalue weighted by Crippen LogP contribution is -2.30. The van der Waals surface area contributed by atoms with E-state index in [0.717, 1.165) is 41.7 Å². The van der Waals surface area contributed by atoms with Crippen LogP contribution in [-0.4, -0.2) is 30.8 Å². The molecule has 1 aromatic heterocycles. The summed E-state index contributed by atoms with van der Waals surface area (Å²) in [6.45, 7) is 2.10. The first-order chi connectivity index (χ1) is 14.5. The van der Waals surface area contributed by atoms with Crippen molar-refractivity contribution in [3.05, 3.63) is 52.5 Å². The molecule has 7 nitrogen and oxygen atoms in total. The van der Waals surface area contributed by atoms with E-state index in [1.807, 2.05) is 18.2 Å². The lowest BCUT2D eigenvalue weighted by Gasteiger charge is -2.19. The Morgan fingerprint density at radius 2 is 1.93 bits per heavy atom. The molecule has 4 rings (SSSR count).